The van der Waals surface area contributed by atoms with Crippen LogP contribution in [0.4, 0.5) is 0 Å². The van der Waals surface area contributed by atoms with Gasteiger partial charge >= 0.3 is 0 Å². The van der Waals surface area contributed by atoms with Gasteiger partial charge in [-0.1, -0.05) is 19.9 Å². The molecule has 0 aliphatic heterocycles. The van der Waals surface area contributed by atoms with Crippen molar-refractivity contribution >= 4 is 11.3 Å². The van der Waals surface area contributed by atoms with Gasteiger partial charge in [0.1, 0.15) is 0 Å². The lowest BCUT2D eigenvalue weighted by molar-refractivity contribution is 0.172. The third-order valence-corrected chi connectivity index (χ3v) is 4.53. The normalized spacial score (nSPS) is 14.0. The zero-order chi connectivity index (χ0) is 14.4. The van der Waals surface area contributed by atoms with Gasteiger partial charge in [-0.15, -0.1) is 11.3 Å². The molecular weight excluding hydrogens is 252 g/mol. The maximum absolute atomic E-state index is 3.73. The predicted octanol–water partition coefficient (Wildman–Crippen LogP) is 4.15. The van der Waals surface area contributed by atoms with Crippen LogP contribution in [-0.2, 0) is 0 Å². The van der Waals surface area contributed by atoms with Crippen molar-refractivity contribution in [2.75, 3.05) is 13.1 Å². The van der Waals surface area contributed by atoms with Crippen LogP contribution >= 0.6 is 11.3 Å². The lowest BCUT2D eigenvalue weighted by Crippen LogP contribution is -2.42. The fourth-order valence-electron chi connectivity index (χ4n) is 2.59. The molecule has 1 aromatic rings. The van der Waals surface area contributed by atoms with Crippen molar-refractivity contribution in [1.29, 1.82) is 0 Å². The third-order valence-electron chi connectivity index (χ3n) is 3.58. The van der Waals surface area contributed by atoms with E-state index in [1.165, 1.54) is 4.88 Å². The van der Waals surface area contributed by atoms with E-state index in [0.29, 0.717) is 24.0 Å². The van der Waals surface area contributed by atoms with E-state index >= 15 is 0 Å². The van der Waals surface area contributed by atoms with Gasteiger partial charge in [-0.3, -0.25) is 4.90 Å². The monoisotopic (exact) mass is 282 g/mol. The molecule has 19 heavy (non-hydrogen) atoms. The van der Waals surface area contributed by atoms with Gasteiger partial charge in [0.2, 0.25) is 0 Å². The summed E-state index contributed by atoms with van der Waals surface area (Å²) in [5.74, 6) is 0.630. The highest BCUT2D eigenvalue weighted by Crippen LogP contribution is 2.25. The summed E-state index contributed by atoms with van der Waals surface area (Å²) in [6, 6.07) is 6.10. The molecule has 1 unspecified atom stereocenters. The maximum Gasteiger partial charge on any atom is 0.0438 e. The molecule has 0 radical (unpaired) electrons. The molecule has 0 amide bonds. The van der Waals surface area contributed by atoms with Crippen molar-refractivity contribution in [3.63, 3.8) is 0 Å². The number of rotatable bonds is 8. The molecule has 3 heteroatoms. The van der Waals surface area contributed by atoms with Crippen molar-refractivity contribution in [2.24, 2.45) is 5.92 Å². The molecule has 0 saturated heterocycles. The topological polar surface area (TPSA) is 15.3 Å². The van der Waals surface area contributed by atoms with Gasteiger partial charge in [0, 0.05) is 36.1 Å². The summed E-state index contributed by atoms with van der Waals surface area (Å²) < 4.78 is 0. The molecule has 110 valence electrons. The Morgan fingerprint density at radius 3 is 2.16 bits per heavy atom. The minimum atomic E-state index is 0.487. The Labute approximate surface area is 123 Å². The van der Waals surface area contributed by atoms with Crippen molar-refractivity contribution in [1.82, 2.24) is 10.2 Å². The first-order valence-electron chi connectivity index (χ1n) is 7.46. The molecule has 0 aliphatic carbocycles. The molecule has 1 rings (SSSR count). The van der Waals surface area contributed by atoms with Gasteiger partial charge in [0.25, 0.3) is 0 Å². The molecule has 0 aliphatic rings. The minimum absolute atomic E-state index is 0.487. The maximum atomic E-state index is 3.73. The van der Waals surface area contributed by atoms with Gasteiger partial charge in [0.15, 0.2) is 0 Å². The average molecular weight is 282 g/mol. The predicted molar refractivity (Wildman–Crippen MR) is 86.9 cm³/mol. The summed E-state index contributed by atoms with van der Waals surface area (Å²) in [4.78, 5) is 3.99. The molecule has 1 atom stereocenters. The molecule has 0 bridgehead atoms. The summed E-state index contributed by atoms with van der Waals surface area (Å²) in [7, 11) is 0. The summed E-state index contributed by atoms with van der Waals surface area (Å²) in [6.07, 6.45) is 0. The number of nitrogens with one attached hydrogen (secondary N) is 1. The van der Waals surface area contributed by atoms with E-state index in [1.54, 1.807) is 0 Å². The summed E-state index contributed by atoms with van der Waals surface area (Å²) in [5.41, 5.74) is 0. The first-order valence-corrected chi connectivity index (χ1v) is 8.34. The van der Waals surface area contributed by atoms with Crippen LogP contribution in [0.25, 0.3) is 0 Å². The van der Waals surface area contributed by atoms with Crippen LogP contribution in [0.15, 0.2) is 17.5 Å². The first-order chi connectivity index (χ1) is 8.93. The van der Waals surface area contributed by atoms with E-state index in [2.05, 4.69) is 69.3 Å². The molecule has 0 fully saturated rings. The molecule has 2 nitrogen and oxygen atoms in total. The second-order valence-electron chi connectivity index (χ2n) is 6.12. The van der Waals surface area contributed by atoms with E-state index in [9.17, 15) is 0 Å². The standard InChI is InChI=1S/C16H30N2S/c1-12(2)16(15-8-7-11-19-15)17-9-10-18(13(3)4)14(5)6/h7-8,11-14,16-17H,9-10H2,1-6H3. The zero-order valence-electron chi connectivity index (χ0n) is 13.3. The van der Waals surface area contributed by atoms with Gasteiger partial charge in [-0.25, -0.2) is 0 Å². The van der Waals surface area contributed by atoms with Crippen molar-refractivity contribution in [2.45, 2.75) is 59.7 Å². The van der Waals surface area contributed by atoms with E-state index in [4.69, 9.17) is 0 Å². The van der Waals surface area contributed by atoms with Crippen molar-refractivity contribution < 1.29 is 0 Å². The Morgan fingerprint density at radius 1 is 1.11 bits per heavy atom. The second kappa shape index (κ2) is 8.03. The molecular formula is C16H30N2S. The van der Waals surface area contributed by atoms with Gasteiger partial charge in [-0.05, 0) is 45.1 Å². The lowest BCUT2D eigenvalue weighted by Gasteiger charge is -2.31. The molecule has 0 spiro atoms. The zero-order valence-corrected chi connectivity index (χ0v) is 14.1. The summed E-state index contributed by atoms with van der Waals surface area (Å²) in [6.45, 7) is 15.9. The van der Waals surface area contributed by atoms with Gasteiger partial charge < -0.3 is 5.32 Å². The van der Waals surface area contributed by atoms with E-state index in [1.807, 2.05) is 11.3 Å². The Hall–Kier alpha value is -0.380. The SMILES string of the molecule is CC(C)C(NCCN(C(C)C)C(C)C)c1cccs1. The quantitative estimate of drug-likeness (QED) is 0.770. The summed E-state index contributed by atoms with van der Waals surface area (Å²) >= 11 is 1.85. The van der Waals surface area contributed by atoms with Crippen molar-refractivity contribution in [3.8, 4) is 0 Å². The van der Waals surface area contributed by atoms with Crippen LogP contribution in [0.2, 0.25) is 0 Å². The highest BCUT2D eigenvalue weighted by molar-refractivity contribution is 7.10. The fourth-order valence-corrected chi connectivity index (χ4v) is 3.57. The van der Waals surface area contributed by atoms with Crippen LogP contribution in [0.5, 0.6) is 0 Å². The van der Waals surface area contributed by atoms with E-state index in [0.717, 1.165) is 13.1 Å². The first kappa shape index (κ1) is 16.7. The van der Waals surface area contributed by atoms with Crippen LogP contribution < -0.4 is 5.32 Å². The number of nitrogens with zero attached hydrogens (tertiary/aromatic N) is 1. The van der Waals surface area contributed by atoms with Gasteiger partial charge in [-0.2, -0.15) is 0 Å². The highest BCUT2D eigenvalue weighted by Gasteiger charge is 2.17. The largest absolute Gasteiger partial charge is 0.308 e. The van der Waals surface area contributed by atoms with Crippen LogP contribution in [0, 0.1) is 5.92 Å². The fraction of sp³-hybridized carbons (Fsp3) is 0.750. The van der Waals surface area contributed by atoms with Crippen LogP contribution in [0.1, 0.15) is 52.5 Å². The Balaban J connectivity index is 2.49. The van der Waals surface area contributed by atoms with Crippen LogP contribution in [-0.4, -0.2) is 30.1 Å². The third kappa shape index (κ3) is 5.25. The van der Waals surface area contributed by atoms with Gasteiger partial charge in [0.05, 0.1) is 0 Å². The molecule has 1 heterocycles. The Morgan fingerprint density at radius 2 is 1.74 bits per heavy atom. The van der Waals surface area contributed by atoms with E-state index < -0.39 is 0 Å². The van der Waals surface area contributed by atoms with Crippen LogP contribution in [0.3, 0.4) is 0 Å². The summed E-state index contributed by atoms with van der Waals surface area (Å²) in [5, 5.41) is 5.90. The average Bonchev–Trinajstić information content (AvgIpc) is 2.80. The highest BCUT2D eigenvalue weighted by atomic mass is 32.1. The molecule has 0 aromatic carbocycles. The molecule has 0 saturated carbocycles. The minimum Gasteiger partial charge on any atom is -0.308 e. The Kier molecular flexibility index (Phi) is 7.05. The Bertz CT molecular complexity index is 323. The number of hydrogen-bond donors (Lipinski definition) is 1. The number of hydrogen-bond acceptors (Lipinski definition) is 3. The van der Waals surface area contributed by atoms with E-state index in [-0.39, 0.29) is 0 Å². The molecule has 1 N–H and O–H groups in total. The smallest absolute Gasteiger partial charge is 0.0438 e. The second-order valence-corrected chi connectivity index (χ2v) is 7.10. The number of thiophene rings is 1. The van der Waals surface area contributed by atoms with Crippen molar-refractivity contribution in [3.05, 3.63) is 22.4 Å². The molecule has 1 aromatic heterocycles. The lowest BCUT2D eigenvalue weighted by atomic mass is 10.0.